The Kier molecular flexibility index (Phi) is 3.23. The zero-order valence-corrected chi connectivity index (χ0v) is 10.5. The largest absolute Gasteiger partial charge is 0.284 e. The van der Waals surface area contributed by atoms with Gasteiger partial charge in [-0.15, -0.1) is 0 Å². The standard InChI is InChI=1S/C10H7ClN4O2S/c11-9-2-1-7(4-12)3-10(9)18(16,17)15-8-5-13-14-6-8/h1-3,5-6,15H,(H,13,14). The Morgan fingerprint density at radius 1 is 1.44 bits per heavy atom. The average Bonchev–Trinajstić information content (AvgIpc) is 2.81. The monoisotopic (exact) mass is 282 g/mol. The number of sulfonamides is 1. The second-order valence-corrected chi connectivity index (χ2v) is 5.41. The lowest BCUT2D eigenvalue weighted by Crippen LogP contribution is -2.13. The molecule has 2 aromatic rings. The summed E-state index contributed by atoms with van der Waals surface area (Å²) in [5, 5.41) is 14.9. The van der Waals surface area contributed by atoms with Crippen molar-refractivity contribution in [3.63, 3.8) is 0 Å². The maximum absolute atomic E-state index is 12.0. The normalized spacial score (nSPS) is 10.9. The molecule has 0 spiro atoms. The summed E-state index contributed by atoms with van der Waals surface area (Å²) in [7, 11) is -3.84. The summed E-state index contributed by atoms with van der Waals surface area (Å²) < 4.78 is 26.4. The predicted octanol–water partition coefficient (Wildman–Crippen LogP) is 1.74. The number of nitrogens with one attached hydrogen (secondary N) is 2. The zero-order chi connectivity index (χ0) is 13.2. The molecule has 0 radical (unpaired) electrons. The van der Waals surface area contributed by atoms with Gasteiger partial charge in [-0.3, -0.25) is 9.82 Å². The van der Waals surface area contributed by atoms with E-state index in [1.807, 2.05) is 6.07 Å². The third-order valence-corrected chi connectivity index (χ3v) is 3.96. The fourth-order valence-corrected chi connectivity index (χ4v) is 2.86. The first-order chi connectivity index (χ1) is 8.53. The molecule has 8 heteroatoms. The summed E-state index contributed by atoms with van der Waals surface area (Å²) in [6.07, 6.45) is 2.71. The van der Waals surface area contributed by atoms with Gasteiger partial charge in [0.15, 0.2) is 0 Å². The average molecular weight is 283 g/mol. The third kappa shape index (κ3) is 2.45. The molecule has 0 saturated carbocycles. The van der Waals surface area contributed by atoms with Crippen LogP contribution in [0.5, 0.6) is 0 Å². The van der Waals surface area contributed by atoms with Gasteiger partial charge in [0.1, 0.15) is 4.90 Å². The van der Waals surface area contributed by atoms with E-state index in [2.05, 4.69) is 14.9 Å². The van der Waals surface area contributed by atoms with Crippen LogP contribution in [0.2, 0.25) is 5.02 Å². The summed E-state index contributed by atoms with van der Waals surface area (Å²) >= 11 is 5.83. The molecular weight excluding hydrogens is 276 g/mol. The lowest BCUT2D eigenvalue weighted by atomic mass is 10.2. The van der Waals surface area contributed by atoms with Crippen LogP contribution >= 0.6 is 11.6 Å². The first kappa shape index (κ1) is 12.4. The second kappa shape index (κ2) is 4.68. The first-order valence-corrected chi connectivity index (χ1v) is 6.60. The molecule has 92 valence electrons. The molecule has 1 aromatic heterocycles. The number of hydrogen-bond acceptors (Lipinski definition) is 4. The van der Waals surface area contributed by atoms with Crippen LogP contribution in [0.25, 0.3) is 0 Å². The van der Waals surface area contributed by atoms with Gasteiger partial charge in [0.2, 0.25) is 0 Å². The molecule has 0 fully saturated rings. The van der Waals surface area contributed by atoms with Crippen LogP contribution in [0, 0.1) is 11.3 Å². The van der Waals surface area contributed by atoms with Gasteiger partial charge in [-0.25, -0.2) is 8.42 Å². The lowest BCUT2D eigenvalue weighted by molar-refractivity contribution is 0.601. The van der Waals surface area contributed by atoms with Crippen LogP contribution in [0.3, 0.4) is 0 Å². The fourth-order valence-electron chi connectivity index (χ4n) is 1.30. The minimum Gasteiger partial charge on any atom is -0.284 e. The van der Waals surface area contributed by atoms with Crippen LogP contribution in [0.1, 0.15) is 5.56 Å². The van der Waals surface area contributed by atoms with E-state index in [9.17, 15) is 8.42 Å². The number of anilines is 1. The molecule has 0 saturated heterocycles. The van der Waals surface area contributed by atoms with Gasteiger partial charge < -0.3 is 0 Å². The molecule has 0 bridgehead atoms. The summed E-state index contributed by atoms with van der Waals surface area (Å²) in [6.45, 7) is 0. The highest BCUT2D eigenvalue weighted by molar-refractivity contribution is 7.92. The van der Waals surface area contributed by atoms with E-state index >= 15 is 0 Å². The van der Waals surface area contributed by atoms with Crippen LogP contribution in [0.4, 0.5) is 5.69 Å². The third-order valence-electron chi connectivity index (χ3n) is 2.10. The SMILES string of the molecule is N#Cc1ccc(Cl)c(S(=O)(=O)Nc2cn[nH]c2)c1. The Morgan fingerprint density at radius 2 is 2.22 bits per heavy atom. The van der Waals surface area contributed by atoms with Gasteiger partial charge in [-0.2, -0.15) is 10.4 Å². The topological polar surface area (TPSA) is 98.6 Å². The number of rotatable bonds is 3. The molecule has 1 aromatic carbocycles. The highest BCUT2D eigenvalue weighted by atomic mass is 35.5. The Labute approximate surface area is 108 Å². The Bertz CT molecular complexity index is 704. The van der Waals surface area contributed by atoms with Gasteiger partial charge in [-0.05, 0) is 18.2 Å². The van der Waals surface area contributed by atoms with Crippen molar-refractivity contribution >= 4 is 27.3 Å². The van der Waals surface area contributed by atoms with Crippen molar-refractivity contribution in [1.29, 1.82) is 5.26 Å². The van der Waals surface area contributed by atoms with Crippen molar-refractivity contribution in [1.82, 2.24) is 10.2 Å². The van der Waals surface area contributed by atoms with Gasteiger partial charge in [0, 0.05) is 6.20 Å². The molecule has 2 N–H and O–H groups in total. The van der Waals surface area contributed by atoms with E-state index in [1.165, 1.54) is 30.6 Å². The van der Waals surface area contributed by atoms with Crippen molar-refractivity contribution < 1.29 is 8.42 Å². The van der Waals surface area contributed by atoms with E-state index in [1.54, 1.807) is 0 Å². The van der Waals surface area contributed by atoms with Crippen molar-refractivity contribution in [3.8, 4) is 6.07 Å². The number of nitriles is 1. The molecule has 0 amide bonds. The van der Waals surface area contributed by atoms with Crippen LogP contribution in [0.15, 0.2) is 35.5 Å². The Balaban J connectivity index is 2.44. The number of halogens is 1. The summed E-state index contributed by atoms with van der Waals surface area (Å²) in [4.78, 5) is -0.149. The predicted molar refractivity (Wildman–Crippen MR) is 65.6 cm³/mol. The molecule has 1 heterocycles. The number of hydrogen-bond donors (Lipinski definition) is 2. The maximum atomic E-state index is 12.0. The minimum atomic E-state index is -3.84. The summed E-state index contributed by atoms with van der Waals surface area (Å²) in [6, 6.07) is 5.88. The molecular formula is C10H7ClN4O2S. The van der Waals surface area contributed by atoms with Gasteiger partial charge in [0.05, 0.1) is 28.5 Å². The second-order valence-electron chi connectivity index (χ2n) is 3.35. The van der Waals surface area contributed by atoms with Crippen LogP contribution in [-0.2, 0) is 10.0 Å². The van der Waals surface area contributed by atoms with Crippen molar-refractivity contribution in [2.24, 2.45) is 0 Å². The molecule has 0 unspecified atom stereocenters. The Hall–Kier alpha value is -2.04. The fraction of sp³-hybridized carbons (Fsp3) is 0. The molecule has 0 aliphatic heterocycles. The highest BCUT2D eigenvalue weighted by Gasteiger charge is 2.19. The van der Waals surface area contributed by atoms with E-state index in [0.717, 1.165) is 0 Å². The molecule has 0 atom stereocenters. The van der Waals surface area contributed by atoms with Gasteiger partial charge in [-0.1, -0.05) is 11.6 Å². The zero-order valence-electron chi connectivity index (χ0n) is 8.88. The maximum Gasteiger partial charge on any atom is 0.263 e. The number of aromatic amines is 1. The van der Waals surface area contributed by atoms with Crippen molar-refractivity contribution in [2.45, 2.75) is 4.90 Å². The quantitative estimate of drug-likeness (QED) is 0.895. The van der Waals surface area contributed by atoms with Gasteiger partial charge >= 0.3 is 0 Å². The number of benzene rings is 1. The number of nitrogens with zero attached hydrogens (tertiary/aromatic N) is 2. The molecule has 2 rings (SSSR count). The molecule has 18 heavy (non-hydrogen) atoms. The van der Waals surface area contributed by atoms with Crippen molar-refractivity contribution in [3.05, 3.63) is 41.2 Å². The number of aromatic nitrogens is 2. The number of H-pyrrole nitrogens is 1. The van der Waals surface area contributed by atoms with Crippen molar-refractivity contribution in [2.75, 3.05) is 4.72 Å². The smallest absolute Gasteiger partial charge is 0.263 e. The van der Waals surface area contributed by atoms with Gasteiger partial charge in [0.25, 0.3) is 10.0 Å². The minimum absolute atomic E-state index is 0.0463. The first-order valence-electron chi connectivity index (χ1n) is 4.74. The molecule has 6 nitrogen and oxygen atoms in total. The highest BCUT2D eigenvalue weighted by Crippen LogP contribution is 2.24. The summed E-state index contributed by atoms with van der Waals surface area (Å²) in [5.41, 5.74) is 0.500. The molecule has 0 aliphatic carbocycles. The molecule has 0 aliphatic rings. The van der Waals surface area contributed by atoms with E-state index < -0.39 is 10.0 Å². The lowest BCUT2D eigenvalue weighted by Gasteiger charge is -2.07. The van der Waals surface area contributed by atoms with Crippen LogP contribution in [-0.4, -0.2) is 18.6 Å². The summed E-state index contributed by atoms with van der Waals surface area (Å²) in [5.74, 6) is 0. The van der Waals surface area contributed by atoms with E-state index in [0.29, 0.717) is 0 Å². The van der Waals surface area contributed by atoms with E-state index in [4.69, 9.17) is 16.9 Å². The Morgan fingerprint density at radius 3 is 2.83 bits per heavy atom. The van der Waals surface area contributed by atoms with Crippen LogP contribution < -0.4 is 4.72 Å². The van der Waals surface area contributed by atoms with E-state index in [-0.39, 0.29) is 21.2 Å².